The average molecular weight is 719 g/mol. The van der Waals surface area contributed by atoms with Crippen LogP contribution in [0, 0.1) is 0 Å². The summed E-state index contributed by atoms with van der Waals surface area (Å²) in [7, 11) is 0. The first-order valence-corrected chi connectivity index (χ1v) is 29.8. The summed E-state index contributed by atoms with van der Waals surface area (Å²) < 4.78 is 6.75. The Labute approximate surface area is 280 Å². The van der Waals surface area contributed by atoms with Gasteiger partial charge >= 0.3 is 258 Å². The van der Waals surface area contributed by atoms with E-state index >= 15 is 0 Å². The Morgan fingerprint density at radius 1 is 0.545 bits per heavy atom. The molecule has 0 N–H and O–H groups in total. The van der Waals surface area contributed by atoms with Crippen LogP contribution in [0.15, 0.2) is 108 Å². The van der Waals surface area contributed by atoms with Gasteiger partial charge in [0.1, 0.15) is 0 Å². The number of rotatable bonds is 10. The fourth-order valence-electron chi connectivity index (χ4n) is 8.27. The van der Waals surface area contributed by atoms with Gasteiger partial charge in [-0.2, -0.15) is 0 Å². The van der Waals surface area contributed by atoms with Gasteiger partial charge in [0.25, 0.3) is 0 Å². The molecule has 0 saturated heterocycles. The smallest absolute Gasteiger partial charge is 0.147 e. The van der Waals surface area contributed by atoms with E-state index in [-0.39, 0.29) is 24.8 Å². The second kappa shape index (κ2) is 14.2. The Kier molecular flexibility index (Phi) is 11.3. The van der Waals surface area contributed by atoms with Crippen LogP contribution in [-0.2, 0) is 17.4 Å². The van der Waals surface area contributed by atoms with Crippen LogP contribution in [0.4, 0.5) is 0 Å². The SMILES string of the molecule is CCCCC1=Cc2c(-c3ccccc3)cccc2[CH]1[Zr]([CH3])([CH3])(=[SiH2])[CH]1C(CCCC)=Cc2c(-c3ccccc3)cccc21.Cl.Cl. The molecule has 4 aromatic carbocycles. The molecule has 44 heavy (non-hydrogen) atoms. The number of hydrogen-bond acceptors (Lipinski definition) is 0. The van der Waals surface area contributed by atoms with Crippen LogP contribution in [0.25, 0.3) is 34.4 Å². The Morgan fingerprint density at radius 2 is 0.932 bits per heavy atom. The second-order valence-electron chi connectivity index (χ2n) is 13.8. The van der Waals surface area contributed by atoms with Crippen molar-refractivity contribution in [1.82, 2.24) is 0 Å². The molecule has 0 amide bonds. The normalized spacial score (nSPS) is 17.1. The number of fused-ring (bicyclic) bond motifs is 2. The van der Waals surface area contributed by atoms with Gasteiger partial charge in [-0.25, -0.2) is 0 Å². The van der Waals surface area contributed by atoms with Gasteiger partial charge in [-0.05, 0) is 0 Å². The number of benzene rings is 4. The average Bonchev–Trinajstić information content (AvgIpc) is 3.59. The van der Waals surface area contributed by atoms with Crippen molar-refractivity contribution in [2.45, 2.75) is 68.9 Å². The van der Waals surface area contributed by atoms with Crippen molar-refractivity contribution in [3.8, 4) is 22.3 Å². The van der Waals surface area contributed by atoms with Crippen molar-refractivity contribution in [1.29, 1.82) is 0 Å². The monoisotopic (exact) mass is 716 g/mol. The van der Waals surface area contributed by atoms with Gasteiger partial charge in [0.05, 0.1) is 0 Å². The third-order valence-corrected chi connectivity index (χ3v) is 27.5. The molecule has 0 bridgehead atoms. The van der Waals surface area contributed by atoms with Gasteiger partial charge < -0.3 is 0 Å². The summed E-state index contributed by atoms with van der Waals surface area (Å²) in [5, 5.41) is 0. The van der Waals surface area contributed by atoms with Crippen LogP contribution in [0.2, 0.25) is 9.26 Å². The summed E-state index contributed by atoms with van der Waals surface area (Å²) >= 11 is -3.65. The largest absolute Gasteiger partial charge is 0.147 e. The van der Waals surface area contributed by atoms with Crippen LogP contribution >= 0.6 is 24.8 Å². The third kappa shape index (κ3) is 6.35. The maximum absolute atomic E-state index is 3.65. The van der Waals surface area contributed by atoms with E-state index in [2.05, 4.69) is 139 Å². The molecule has 2 unspecified atom stereocenters. The maximum atomic E-state index is 2.81. The molecule has 6 rings (SSSR count). The molecule has 4 heteroatoms. The first-order chi connectivity index (χ1) is 20.3. The summed E-state index contributed by atoms with van der Waals surface area (Å²) in [6.07, 6.45) is 12.7. The molecular formula is C40H48Cl2SiZr. The summed E-state index contributed by atoms with van der Waals surface area (Å²) in [4.78, 5) is 0. The van der Waals surface area contributed by atoms with Crippen molar-refractivity contribution < 1.29 is 17.4 Å². The minimum Gasteiger partial charge on any atom is -0.147 e. The molecule has 0 fully saturated rings. The van der Waals surface area contributed by atoms with Crippen LogP contribution in [0.1, 0.15) is 81.9 Å². The Balaban J connectivity index is 0.00000221. The van der Waals surface area contributed by atoms with E-state index < -0.39 is 17.4 Å². The molecule has 0 aromatic heterocycles. The van der Waals surface area contributed by atoms with Crippen molar-refractivity contribution in [3.63, 3.8) is 0 Å². The van der Waals surface area contributed by atoms with Gasteiger partial charge in [-0.3, -0.25) is 0 Å². The predicted octanol–water partition coefficient (Wildman–Crippen LogP) is 12.2. The van der Waals surface area contributed by atoms with E-state index in [1.165, 1.54) is 71.9 Å². The molecule has 2 aliphatic carbocycles. The van der Waals surface area contributed by atoms with Crippen LogP contribution in [0.3, 0.4) is 0 Å². The Morgan fingerprint density at radius 3 is 1.30 bits per heavy atom. The van der Waals surface area contributed by atoms with Gasteiger partial charge in [0.15, 0.2) is 0 Å². The molecule has 4 aromatic rings. The van der Waals surface area contributed by atoms with Crippen LogP contribution in [-0.4, -0.2) is 6.88 Å². The molecule has 0 heterocycles. The molecule has 0 radical (unpaired) electrons. The fourth-order valence-corrected chi connectivity index (χ4v) is 28.2. The first kappa shape index (κ1) is 34.9. The molecule has 2 aliphatic rings. The van der Waals surface area contributed by atoms with E-state index in [9.17, 15) is 0 Å². The molecule has 0 saturated carbocycles. The minimum absolute atomic E-state index is 0. The van der Waals surface area contributed by atoms with E-state index in [1.807, 2.05) is 0 Å². The quantitative estimate of drug-likeness (QED) is 0.143. The Hall–Kier alpha value is -1.96. The first-order valence-electron chi connectivity index (χ1n) is 16.2. The van der Waals surface area contributed by atoms with Crippen LogP contribution in [0.5, 0.6) is 0 Å². The molecule has 0 nitrogen and oxygen atoms in total. The van der Waals surface area contributed by atoms with Crippen LogP contribution < -0.4 is 0 Å². The molecule has 2 atom stereocenters. The third-order valence-electron chi connectivity index (χ3n) is 10.0. The zero-order valence-corrected chi connectivity index (χ0v) is 32.3. The number of halogens is 2. The zero-order chi connectivity index (χ0) is 29.3. The van der Waals surface area contributed by atoms with Gasteiger partial charge in [-0.15, -0.1) is 24.8 Å². The standard InChI is InChI=1S/2C19H19.2CH3.2ClH.H2Si.Zr/c2*1-2-3-8-15-13-17-11-7-12-18(19(17)14-15)16-9-5-4-6-10-16;;;;;;/h2*4-7,9-14H,2-3,8H2,1H3;2*1H3;2*1H;1H2;. The van der Waals surface area contributed by atoms with Gasteiger partial charge in [0, 0.05) is 0 Å². The van der Waals surface area contributed by atoms with E-state index in [1.54, 1.807) is 22.3 Å². The number of allylic oxidation sites excluding steroid dienone is 2. The maximum Gasteiger partial charge on any atom is -0.147 e. The number of unbranched alkanes of at least 4 members (excludes halogenated alkanes) is 2. The molecular weight excluding hydrogens is 671 g/mol. The van der Waals surface area contributed by atoms with E-state index in [0.717, 1.165) is 0 Å². The second-order valence-corrected chi connectivity index (χ2v) is 44.3. The van der Waals surface area contributed by atoms with Gasteiger partial charge in [-0.1, -0.05) is 0 Å². The van der Waals surface area contributed by atoms with Crippen molar-refractivity contribution in [3.05, 3.63) is 130 Å². The molecule has 0 aliphatic heterocycles. The Bertz CT molecular complexity index is 1610. The summed E-state index contributed by atoms with van der Waals surface area (Å²) in [6, 6.07) is 36.5. The predicted molar refractivity (Wildman–Crippen MR) is 199 cm³/mol. The molecule has 230 valence electrons. The van der Waals surface area contributed by atoms with E-state index in [0.29, 0.717) is 7.25 Å². The van der Waals surface area contributed by atoms with Crippen molar-refractivity contribution in [2.75, 3.05) is 0 Å². The topological polar surface area (TPSA) is 0 Å². The summed E-state index contributed by atoms with van der Waals surface area (Å²) in [5.74, 6) is 0. The summed E-state index contributed by atoms with van der Waals surface area (Å²) in [5.41, 5.74) is 15.1. The summed E-state index contributed by atoms with van der Waals surface area (Å²) in [6.45, 7) is 7.18. The van der Waals surface area contributed by atoms with E-state index in [4.69, 9.17) is 0 Å². The van der Waals surface area contributed by atoms with Crippen molar-refractivity contribution >= 4 is 43.8 Å². The van der Waals surface area contributed by atoms with Crippen molar-refractivity contribution in [2.24, 2.45) is 0 Å². The minimum atomic E-state index is -3.65. The fraction of sp³-hybridized carbons (Fsp3) is 0.300. The molecule has 0 spiro atoms. The number of hydrogen-bond donors (Lipinski definition) is 0. The van der Waals surface area contributed by atoms with Gasteiger partial charge in [0.2, 0.25) is 0 Å². The zero-order valence-electron chi connectivity index (χ0n) is 26.8.